The van der Waals surface area contributed by atoms with Crippen molar-refractivity contribution in [1.82, 2.24) is 0 Å². The zero-order valence-electron chi connectivity index (χ0n) is 9.04. The van der Waals surface area contributed by atoms with Crippen LogP contribution >= 0.6 is 0 Å². The van der Waals surface area contributed by atoms with Crippen molar-refractivity contribution in [2.75, 3.05) is 13.7 Å². The summed E-state index contributed by atoms with van der Waals surface area (Å²) < 4.78 is 10.9. The van der Waals surface area contributed by atoms with Gasteiger partial charge in [0.2, 0.25) is 0 Å². The summed E-state index contributed by atoms with van der Waals surface area (Å²) in [6.07, 6.45) is 0.861. The molecule has 2 N–H and O–H groups in total. The number of aryl methyl sites for hydroxylation is 1. The number of hydrogen-bond donors (Lipinski definition) is 1. The molecule has 0 saturated heterocycles. The Labute approximate surface area is 88.8 Å². The molecule has 1 aromatic carbocycles. The molecular weight excluding hydrogens is 190 g/mol. The summed E-state index contributed by atoms with van der Waals surface area (Å²) in [5.41, 5.74) is 7.60. The van der Waals surface area contributed by atoms with Gasteiger partial charge in [-0.1, -0.05) is 6.07 Å². The van der Waals surface area contributed by atoms with E-state index < -0.39 is 0 Å². The molecule has 2 rings (SSSR count). The Morgan fingerprint density at radius 3 is 2.87 bits per heavy atom. The van der Waals surface area contributed by atoms with E-state index in [1.54, 1.807) is 7.11 Å². The summed E-state index contributed by atoms with van der Waals surface area (Å²) >= 11 is 0. The molecule has 80 valence electrons. The minimum absolute atomic E-state index is 0.645. The Bertz CT molecular complexity index is 474. The highest BCUT2D eigenvalue weighted by molar-refractivity contribution is 5.87. The van der Waals surface area contributed by atoms with Crippen LogP contribution in [0.1, 0.15) is 11.3 Å². The summed E-state index contributed by atoms with van der Waals surface area (Å²) in [4.78, 5) is 0. The van der Waals surface area contributed by atoms with Crippen molar-refractivity contribution in [3.8, 4) is 5.75 Å². The van der Waals surface area contributed by atoms with Crippen molar-refractivity contribution in [2.45, 2.75) is 13.3 Å². The van der Waals surface area contributed by atoms with Crippen LogP contribution in [0, 0.1) is 6.92 Å². The molecule has 0 aliphatic heterocycles. The number of benzene rings is 1. The number of ether oxygens (including phenoxy) is 1. The van der Waals surface area contributed by atoms with Crippen LogP contribution in [0.5, 0.6) is 5.75 Å². The lowest BCUT2D eigenvalue weighted by molar-refractivity contribution is 0.408. The van der Waals surface area contributed by atoms with Gasteiger partial charge in [-0.3, -0.25) is 0 Å². The number of hydrogen-bond acceptors (Lipinski definition) is 3. The van der Waals surface area contributed by atoms with Crippen LogP contribution in [0.4, 0.5) is 0 Å². The highest BCUT2D eigenvalue weighted by atomic mass is 16.5. The highest BCUT2D eigenvalue weighted by Crippen LogP contribution is 2.31. The van der Waals surface area contributed by atoms with Gasteiger partial charge in [0, 0.05) is 5.39 Å². The van der Waals surface area contributed by atoms with E-state index in [-0.39, 0.29) is 0 Å². The van der Waals surface area contributed by atoms with Crippen molar-refractivity contribution in [3.63, 3.8) is 0 Å². The minimum atomic E-state index is 0.645. The summed E-state index contributed by atoms with van der Waals surface area (Å²) in [7, 11) is 1.65. The lowest BCUT2D eigenvalue weighted by Crippen LogP contribution is -2.02. The van der Waals surface area contributed by atoms with E-state index in [1.807, 2.05) is 25.1 Å². The predicted octanol–water partition coefficient (Wildman–Crippen LogP) is 2.25. The molecule has 0 aliphatic carbocycles. The molecule has 0 atom stereocenters. The Kier molecular flexibility index (Phi) is 2.64. The molecule has 3 nitrogen and oxygen atoms in total. The average Bonchev–Trinajstić information content (AvgIpc) is 2.61. The lowest BCUT2D eigenvalue weighted by atomic mass is 10.1. The molecule has 0 amide bonds. The smallest absolute Gasteiger partial charge is 0.176 e. The van der Waals surface area contributed by atoms with Gasteiger partial charge in [0.1, 0.15) is 5.76 Å². The third kappa shape index (κ3) is 1.70. The molecule has 0 aliphatic rings. The number of methoxy groups -OCH3 is 1. The fourth-order valence-corrected chi connectivity index (χ4v) is 1.81. The van der Waals surface area contributed by atoms with Crippen molar-refractivity contribution >= 4 is 11.0 Å². The van der Waals surface area contributed by atoms with Gasteiger partial charge < -0.3 is 14.9 Å². The van der Waals surface area contributed by atoms with Crippen LogP contribution in [-0.4, -0.2) is 13.7 Å². The Morgan fingerprint density at radius 1 is 1.40 bits per heavy atom. The van der Waals surface area contributed by atoms with E-state index >= 15 is 0 Å². The van der Waals surface area contributed by atoms with E-state index in [0.29, 0.717) is 6.54 Å². The first-order chi connectivity index (χ1) is 7.26. The van der Waals surface area contributed by atoms with Crippen molar-refractivity contribution in [1.29, 1.82) is 0 Å². The maximum Gasteiger partial charge on any atom is 0.176 e. The minimum Gasteiger partial charge on any atom is -0.493 e. The number of fused-ring (bicyclic) bond motifs is 1. The largest absolute Gasteiger partial charge is 0.493 e. The van der Waals surface area contributed by atoms with E-state index in [4.69, 9.17) is 14.9 Å². The summed E-state index contributed by atoms with van der Waals surface area (Å²) in [5, 5.41) is 1.11. The first-order valence-electron chi connectivity index (χ1n) is 5.02. The molecule has 0 bridgehead atoms. The Hall–Kier alpha value is -1.48. The topological polar surface area (TPSA) is 48.4 Å². The lowest BCUT2D eigenvalue weighted by Gasteiger charge is -2.04. The zero-order valence-corrected chi connectivity index (χ0v) is 9.04. The highest BCUT2D eigenvalue weighted by Gasteiger charge is 2.10. The molecule has 0 fully saturated rings. The van der Waals surface area contributed by atoms with Crippen molar-refractivity contribution in [3.05, 3.63) is 29.5 Å². The quantitative estimate of drug-likeness (QED) is 0.836. The SMILES string of the molecule is COc1ccc(CCN)c2cc(C)oc12. The average molecular weight is 205 g/mol. The predicted molar refractivity (Wildman–Crippen MR) is 60.3 cm³/mol. The van der Waals surface area contributed by atoms with Crippen LogP contribution < -0.4 is 10.5 Å². The monoisotopic (exact) mass is 205 g/mol. The molecule has 0 radical (unpaired) electrons. The van der Waals surface area contributed by atoms with Gasteiger partial charge >= 0.3 is 0 Å². The number of furan rings is 1. The van der Waals surface area contributed by atoms with E-state index in [9.17, 15) is 0 Å². The van der Waals surface area contributed by atoms with Crippen LogP contribution in [0.2, 0.25) is 0 Å². The molecule has 1 aromatic heterocycles. The third-order valence-corrected chi connectivity index (χ3v) is 2.49. The summed E-state index contributed by atoms with van der Waals surface area (Å²) in [6, 6.07) is 6.00. The molecule has 0 unspecified atom stereocenters. The van der Waals surface area contributed by atoms with Gasteiger partial charge in [0.15, 0.2) is 11.3 Å². The summed E-state index contributed by atoms with van der Waals surface area (Å²) in [5.74, 6) is 1.67. The zero-order chi connectivity index (χ0) is 10.8. The molecule has 15 heavy (non-hydrogen) atoms. The van der Waals surface area contributed by atoms with Gasteiger partial charge in [-0.2, -0.15) is 0 Å². The van der Waals surface area contributed by atoms with Crippen LogP contribution in [0.3, 0.4) is 0 Å². The van der Waals surface area contributed by atoms with E-state index in [1.165, 1.54) is 5.56 Å². The van der Waals surface area contributed by atoms with Crippen LogP contribution in [0.15, 0.2) is 22.6 Å². The second kappa shape index (κ2) is 3.95. The number of nitrogens with two attached hydrogens (primary N) is 1. The second-order valence-electron chi connectivity index (χ2n) is 3.57. The van der Waals surface area contributed by atoms with Gasteiger partial charge in [-0.25, -0.2) is 0 Å². The first kappa shape index (κ1) is 10.1. The van der Waals surface area contributed by atoms with E-state index in [2.05, 4.69) is 0 Å². The fourth-order valence-electron chi connectivity index (χ4n) is 1.81. The maximum atomic E-state index is 5.61. The van der Waals surface area contributed by atoms with Crippen LogP contribution in [-0.2, 0) is 6.42 Å². The first-order valence-corrected chi connectivity index (χ1v) is 5.02. The summed E-state index contributed by atoms with van der Waals surface area (Å²) in [6.45, 7) is 2.58. The standard InChI is InChI=1S/C12H15NO2/c1-8-7-10-9(5-6-13)3-4-11(14-2)12(10)15-8/h3-4,7H,5-6,13H2,1-2H3. The number of rotatable bonds is 3. The third-order valence-electron chi connectivity index (χ3n) is 2.49. The Morgan fingerprint density at radius 2 is 2.20 bits per heavy atom. The second-order valence-corrected chi connectivity index (χ2v) is 3.57. The van der Waals surface area contributed by atoms with Gasteiger partial charge in [-0.05, 0) is 37.6 Å². The molecule has 0 saturated carbocycles. The van der Waals surface area contributed by atoms with Crippen molar-refractivity contribution < 1.29 is 9.15 Å². The fraction of sp³-hybridized carbons (Fsp3) is 0.333. The van der Waals surface area contributed by atoms with Gasteiger partial charge in [-0.15, -0.1) is 0 Å². The molecule has 0 spiro atoms. The molecular formula is C12H15NO2. The van der Waals surface area contributed by atoms with Gasteiger partial charge in [0.05, 0.1) is 7.11 Å². The van der Waals surface area contributed by atoms with Crippen molar-refractivity contribution in [2.24, 2.45) is 5.73 Å². The molecule has 3 heteroatoms. The Balaban J connectivity index is 2.65. The van der Waals surface area contributed by atoms with E-state index in [0.717, 1.165) is 28.9 Å². The molecule has 1 heterocycles. The van der Waals surface area contributed by atoms with Crippen LogP contribution in [0.25, 0.3) is 11.0 Å². The maximum absolute atomic E-state index is 5.61. The van der Waals surface area contributed by atoms with Gasteiger partial charge in [0.25, 0.3) is 0 Å². The molecule has 2 aromatic rings. The normalized spacial score (nSPS) is 10.9.